The molecule has 0 saturated heterocycles. The average molecular weight is 373 g/mol. The van der Waals surface area contributed by atoms with Crippen molar-refractivity contribution >= 4 is 5.97 Å². The van der Waals surface area contributed by atoms with Gasteiger partial charge >= 0.3 is 5.97 Å². The Kier molecular flexibility index (Phi) is 18.2. The van der Waals surface area contributed by atoms with Crippen LogP contribution in [0.4, 0.5) is 4.39 Å². The summed E-state index contributed by atoms with van der Waals surface area (Å²) in [4.78, 5) is 11.2. The second kappa shape index (κ2) is 18.9. The maximum atomic E-state index is 13.6. The molecule has 0 aromatic heterocycles. The van der Waals surface area contributed by atoms with Gasteiger partial charge in [-0.25, -0.2) is 4.39 Å². The molecule has 0 saturated carbocycles. The minimum absolute atomic E-state index is 0.246. The Balaban J connectivity index is 3.42. The van der Waals surface area contributed by atoms with Crippen molar-refractivity contribution in [3.63, 3.8) is 0 Å². The molecule has 0 bridgehead atoms. The number of aliphatic hydroxyl groups excluding tert-OH is 1. The molecule has 0 aliphatic heterocycles. The average Bonchev–Trinajstić information content (AvgIpc) is 2.61. The highest BCUT2D eigenvalue weighted by Crippen LogP contribution is 2.15. The second-order valence-corrected chi connectivity index (χ2v) is 7.15. The van der Waals surface area contributed by atoms with Crippen LogP contribution in [0.25, 0.3) is 0 Å². The number of carbonyl (C=O) groups is 1. The van der Waals surface area contributed by atoms with Crippen molar-refractivity contribution in [2.45, 2.75) is 116 Å². The number of carbonyl (C=O) groups excluding carboxylic acids is 1. The van der Waals surface area contributed by atoms with Gasteiger partial charge in [0.1, 0.15) is 11.9 Å². The smallest absolute Gasteiger partial charge is 0.308 e. The molecule has 0 aromatic rings. The highest BCUT2D eigenvalue weighted by Gasteiger charge is 2.15. The summed E-state index contributed by atoms with van der Waals surface area (Å²) in [6, 6.07) is 0. The zero-order valence-corrected chi connectivity index (χ0v) is 17.1. The number of unbranched alkanes of at least 4 members (excludes halogenated alkanes) is 13. The topological polar surface area (TPSA) is 46.5 Å². The van der Waals surface area contributed by atoms with Crippen molar-refractivity contribution in [2.24, 2.45) is 0 Å². The van der Waals surface area contributed by atoms with Gasteiger partial charge in [0.05, 0.1) is 13.0 Å². The van der Waals surface area contributed by atoms with Crippen LogP contribution in [-0.2, 0) is 9.53 Å². The van der Waals surface area contributed by atoms with Crippen LogP contribution >= 0.6 is 0 Å². The lowest BCUT2D eigenvalue weighted by Gasteiger charge is -2.07. The third-order valence-corrected chi connectivity index (χ3v) is 4.63. The lowest BCUT2D eigenvalue weighted by Crippen LogP contribution is -2.16. The van der Waals surface area contributed by atoms with E-state index >= 15 is 0 Å². The van der Waals surface area contributed by atoms with Crippen LogP contribution in [0.5, 0.6) is 0 Å². The summed E-state index contributed by atoms with van der Waals surface area (Å²) in [7, 11) is 0. The summed E-state index contributed by atoms with van der Waals surface area (Å²) in [5.74, 6) is -1.18. The van der Waals surface area contributed by atoms with E-state index in [0.29, 0.717) is 6.42 Å². The van der Waals surface area contributed by atoms with E-state index in [9.17, 15) is 14.3 Å². The number of aliphatic hydroxyl groups is 1. The number of rotatable bonds is 18. The van der Waals surface area contributed by atoms with E-state index in [1.165, 1.54) is 76.7 Å². The van der Waals surface area contributed by atoms with Crippen molar-refractivity contribution < 1.29 is 19.0 Å². The van der Waals surface area contributed by atoms with Gasteiger partial charge in [-0.2, -0.15) is 0 Å². The molecule has 0 aliphatic rings. The van der Waals surface area contributed by atoms with Crippen LogP contribution in [0, 0.1) is 0 Å². The third-order valence-electron chi connectivity index (χ3n) is 4.63. The molecule has 1 unspecified atom stereocenters. The van der Waals surface area contributed by atoms with Crippen molar-refractivity contribution in [3.05, 3.63) is 11.9 Å². The fourth-order valence-electron chi connectivity index (χ4n) is 3.01. The summed E-state index contributed by atoms with van der Waals surface area (Å²) in [6.07, 6.45) is 17.1. The summed E-state index contributed by atoms with van der Waals surface area (Å²) in [6.45, 7) is 4.18. The van der Waals surface area contributed by atoms with Crippen molar-refractivity contribution in [2.75, 3.05) is 6.61 Å². The molecule has 0 amide bonds. The Bertz CT molecular complexity index is 355. The van der Waals surface area contributed by atoms with Crippen LogP contribution in [0.2, 0.25) is 0 Å². The molecule has 4 heteroatoms. The highest BCUT2D eigenvalue weighted by atomic mass is 19.1. The Morgan fingerprint density at radius 3 is 1.81 bits per heavy atom. The van der Waals surface area contributed by atoms with E-state index in [0.717, 1.165) is 12.8 Å². The first-order chi connectivity index (χ1) is 12.6. The Hall–Kier alpha value is -0.900. The molecule has 0 aliphatic carbocycles. The van der Waals surface area contributed by atoms with E-state index in [4.69, 9.17) is 4.74 Å². The summed E-state index contributed by atoms with van der Waals surface area (Å²) in [5, 5.41) is 9.57. The molecular formula is C22H41FO3. The number of ether oxygens (including phenoxy) is 1. The SMILES string of the molecule is CCCCCCCCCCCCCCC/C=C(\F)C(O)CC(=O)OCC. The number of halogens is 1. The summed E-state index contributed by atoms with van der Waals surface area (Å²) < 4.78 is 18.3. The first kappa shape index (κ1) is 25.1. The van der Waals surface area contributed by atoms with Gasteiger partial charge < -0.3 is 9.84 Å². The number of allylic oxidation sites excluding steroid dienone is 1. The van der Waals surface area contributed by atoms with Crippen LogP contribution in [-0.4, -0.2) is 23.8 Å². The van der Waals surface area contributed by atoms with E-state index < -0.39 is 17.9 Å². The molecule has 26 heavy (non-hydrogen) atoms. The van der Waals surface area contributed by atoms with Crippen LogP contribution in [0.15, 0.2) is 11.9 Å². The zero-order chi connectivity index (χ0) is 19.5. The van der Waals surface area contributed by atoms with Crippen LogP contribution in [0.3, 0.4) is 0 Å². The summed E-state index contributed by atoms with van der Waals surface area (Å²) in [5.41, 5.74) is 0. The molecule has 3 nitrogen and oxygen atoms in total. The predicted molar refractivity (Wildman–Crippen MR) is 107 cm³/mol. The normalized spacial score (nSPS) is 13.0. The quantitative estimate of drug-likeness (QED) is 0.217. The van der Waals surface area contributed by atoms with Gasteiger partial charge in [0, 0.05) is 0 Å². The summed E-state index contributed by atoms with van der Waals surface area (Å²) >= 11 is 0. The van der Waals surface area contributed by atoms with Gasteiger partial charge in [-0.3, -0.25) is 4.79 Å². The molecule has 0 radical (unpaired) electrons. The molecule has 154 valence electrons. The maximum absolute atomic E-state index is 13.6. The zero-order valence-electron chi connectivity index (χ0n) is 17.1. The fraction of sp³-hybridized carbons (Fsp3) is 0.864. The Labute approximate surface area is 160 Å². The molecule has 0 fully saturated rings. The van der Waals surface area contributed by atoms with Gasteiger partial charge in [0.15, 0.2) is 0 Å². The maximum Gasteiger partial charge on any atom is 0.308 e. The van der Waals surface area contributed by atoms with Gasteiger partial charge in [0.2, 0.25) is 0 Å². The Morgan fingerprint density at radius 1 is 0.885 bits per heavy atom. The van der Waals surface area contributed by atoms with Crippen LogP contribution in [0.1, 0.15) is 110 Å². The van der Waals surface area contributed by atoms with Crippen molar-refractivity contribution in [3.8, 4) is 0 Å². The first-order valence-electron chi connectivity index (χ1n) is 10.8. The molecule has 0 spiro atoms. The van der Waals surface area contributed by atoms with Gasteiger partial charge in [-0.05, 0) is 19.8 Å². The van der Waals surface area contributed by atoms with Gasteiger partial charge in [0.25, 0.3) is 0 Å². The predicted octanol–water partition coefficient (Wildman–Crippen LogP) is 6.64. The van der Waals surface area contributed by atoms with E-state index in [1.807, 2.05) is 0 Å². The lowest BCUT2D eigenvalue weighted by atomic mass is 10.0. The van der Waals surface area contributed by atoms with Crippen molar-refractivity contribution in [1.29, 1.82) is 0 Å². The first-order valence-corrected chi connectivity index (χ1v) is 10.8. The van der Waals surface area contributed by atoms with E-state index in [-0.39, 0.29) is 13.0 Å². The lowest BCUT2D eigenvalue weighted by molar-refractivity contribution is -0.145. The van der Waals surface area contributed by atoms with Gasteiger partial charge in [-0.1, -0.05) is 90.0 Å². The number of hydrogen-bond acceptors (Lipinski definition) is 3. The number of esters is 1. The van der Waals surface area contributed by atoms with E-state index in [1.54, 1.807) is 6.92 Å². The highest BCUT2D eigenvalue weighted by molar-refractivity contribution is 5.70. The van der Waals surface area contributed by atoms with Gasteiger partial charge in [-0.15, -0.1) is 0 Å². The molecular weight excluding hydrogens is 331 g/mol. The van der Waals surface area contributed by atoms with E-state index in [2.05, 4.69) is 6.92 Å². The second-order valence-electron chi connectivity index (χ2n) is 7.15. The standard InChI is InChI=1S/C22H41FO3/c1-3-5-6-7-8-9-10-11-12-13-14-15-16-17-18-20(23)21(24)19-22(25)26-4-2/h18,21,24H,3-17,19H2,1-2H3/b20-18-. The minimum atomic E-state index is -1.36. The third kappa shape index (κ3) is 16.6. The largest absolute Gasteiger partial charge is 0.466 e. The molecule has 1 N–H and O–H groups in total. The molecule has 1 atom stereocenters. The monoisotopic (exact) mass is 372 g/mol. The van der Waals surface area contributed by atoms with Crippen molar-refractivity contribution in [1.82, 2.24) is 0 Å². The molecule has 0 heterocycles. The fourth-order valence-corrected chi connectivity index (χ4v) is 3.01. The van der Waals surface area contributed by atoms with Crippen LogP contribution < -0.4 is 0 Å². The number of hydrogen-bond donors (Lipinski definition) is 1. The minimum Gasteiger partial charge on any atom is -0.466 e. The molecule has 0 rings (SSSR count). The Morgan fingerprint density at radius 2 is 1.35 bits per heavy atom. The molecule has 0 aromatic carbocycles.